The van der Waals surface area contributed by atoms with Crippen LogP contribution in [0, 0.1) is 19.7 Å². The number of carbonyl (C=O) groups excluding carboxylic acids is 1. The van der Waals surface area contributed by atoms with Gasteiger partial charge in [0.15, 0.2) is 5.16 Å². The van der Waals surface area contributed by atoms with Crippen molar-refractivity contribution in [3.8, 4) is 5.69 Å². The minimum Gasteiger partial charge on any atom is -0.339 e. The molecule has 35 heavy (non-hydrogen) atoms. The lowest BCUT2D eigenvalue weighted by atomic mass is 10.1. The van der Waals surface area contributed by atoms with E-state index in [-0.39, 0.29) is 17.3 Å². The van der Waals surface area contributed by atoms with E-state index in [0.717, 1.165) is 48.3 Å². The third kappa shape index (κ3) is 4.86. The SMILES string of the molecule is Cc1cc(C)cc(-n2c(SCc3cccc(F)c3)nc3cc(C(=O)N4CCCC4)ccc3c2=O)c1. The van der Waals surface area contributed by atoms with Gasteiger partial charge in [-0.3, -0.25) is 14.2 Å². The van der Waals surface area contributed by atoms with E-state index < -0.39 is 0 Å². The molecule has 7 heteroatoms. The summed E-state index contributed by atoms with van der Waals surface area (Å²) < 4.78 is 15.3. The normalized spacial score (nSPS) is 13.5. The van der Waals surface area contributed by atoms with Crippen LogP contribution in [0.4, 0.5) is 4.39 Å². The summed E-state index contributed by atoms with van der Waals surface area (Å²) in [6, 6.07) is 17.5. The van der Waals surface area contributed by atoms with E-state index in [0.29, 0.717) is 27.4 Å². The minimum absolute atomic E-state index is 0.0290. The van der Waals surface area contributed by atoms with Gasteiger partial charge in [-0.25, -0.2) is 9.37 Å². The highest BCUT2D eigenvalue weighted by atomic mass is 32.2. The van der Waals surface area contributed by atoms with Crippen molar-refractivity contribution in [2.24, 2.45) is 0 Å². The summed E-state index contributed by atoms with van der Waals surface area (Å²) >= 11 is 1.37. The molecule has 1 saturated heterocycles. The van der Waals surface area contributed by atoms with Gasteiger partial charge in [-0.15, -0.1) is 0 Å². The van der Waals surface area contributed by atoms with Gasteiger partial charge in [-0.2, -0.15) is 0 Å². The topological polar surface area (TPSA) is 55.2 Å². The maximum Gasteiger partial charge on any atom is 0.266 e. The number of aromatic nitrogens is 2. The van der Waals surface area contributed by atoms with Gasteiger partial charge in [0.2, 0.25) is 0 Å². The minimum atomic E-state index is -0.300. The molecule has 5 rings (SSSR count). The molecule has 4 aromatic rings. The molecule has 0 unspecified atom stereocenters. The molecule has 0 N–H and O–H groups in total. The van der Waals surface area contributed by atoms with Gasteiger partial charge < -0.3 is 4.90 Å². The third-order valence-corrected chi connectivity index (χ3v) is 7.21. The predicted octanol–water partition coefficient (Wildman–Crippen LogP) is 5.67. The molecule has 1 fully saturated rings. The van der Waals surface area contributed by atoms with Crippen LogP contribution in [0.15, 0.2) is 70.6 Å². The van der Waals surface area contributed by atoms with Gasteiger partial charge in [-0.05, 0) is 85.8 Å². The highest BCUT2D eigenvalue weighted by Crippen LogP contribution is 2.26. The molecule has 5 nitrogen and oxygen atoms in total. The second-order valence-electron chi connectivity index (χ2n) is 9.03. The summed E-state index contributed by atoms with van der Waals surface area (Å²) in [5, 5.41) is 0.958. The number of hydrogen-bond acceptors (Lipinski definition) is 4. The molecule has 1 amide bonds. The highest BCUT2D eigenvalue weighted by molar-refractivity contribution is 7.98. The smallest absolute Gasteiger partial charge is 0.266 e. The number of rotatable bonds is 5. The average Bonchev–Trinajstić information content (AvgIpc) is 3.36. The van der Waals surface area contributed by atoms with E-state index in [1.165, 1.54) is 23.9 Å². The largest absolute Gasteiger partial charge is 0.339 e. The fourth-order valence-electron chi connectivity index (χ4n) is 4.58. The van der Waals surface area contributed by atoms with Crippen LogP contribution in [-0.4, -0.2) is 33.4 Å². The van der Waals surface area contributed by atoms with Crippen molar-refractivity contribution in [2.45, 2.75) is 37.6 Å². The van der Waals surface area contributed by atoms with Crippen molar-refractivity contribution in [3.05, 3.63) is 99.1 Å². The van der Waals surface area contributed by atoms with Crippen molar-refractivity contribution >= 4 is 28.6 Å². The summed E-state index contributed by atoms with van der Waals surface area (Å²) in [4.78, 5) is 33.4. The van der Waals surface area contributed by atoms with Gasteiger partial charge in [0.1, 0.15) is 5.82 Å². The van der Waals surface area contributed by atoms with Gasteiger partial charge in [0, 0.05) is 24.4 Å². The Bertz CT molecular complexity index is 1470. The van der Waals surface area contributed by atoms with E-state index >= 15 is 0 Å². The maximum absolute atomic E-state index is 13.7. The first kappa shape index (κ1) is 23.3. The maximum atomic E-state index is 13.7. The second kappa shape index (κ2) is 9.66. The quantitative estimate of drug-likeness (QED) is 0.269. The number of nitrogens with zero attached hydrogens (tertiary/aromatic N) is 3. The fourth-order valence-corrected chi connectivity index (χ4v) is 5.54. The summed E-state index contributed by atoms with van der Waals surface area (Å²) in [5.41, 5.74) is 4.45. The van der Waals surface area contributed by atoms with Crippen molar-refractivity contribution < 1.29 is 9.18 Å². The number of hydrogen-bond donors (Lipinski definition) is 0. The Hall–Kier alpha value is -3.45. The predicted molar refractivity (Wildman–Crippen MR) is 138 cm³/mol. The van der Waals surface area contributed by atoms with Crippen LogP contribution in [0.2, 0.25) is 0 Å². The number of halogens is 1. The Morgan fingerprint density at radius 2 is 1.74 bits per heavy atom. The molecule has 2 heterocycles. The van der Waals surface area contributed by atoms with Crippen LogP contribution < -0.4 is 5.56 Å². The Balaban J connectivity index is 1.63. The molecule has 0 bridgehead atoms. The molecule has 1 aromatic heterocycles. The third-order valence-electron chi connectivity index (χ3n) is 6.20. The Kier molecular flexibility index (Phi) is 6.43. The standard InChI is InChI=1S/C28H26FN3O2S/c1-18-12-19(2)14-23(13-18)32-27(34)24-9-8-21(26(33)31-10-3-4-11-31)16-25(24)30-28(32)35-17-20-6-5-7-22(29)15-20/h5-9,12-16H,3-4,10-11,17H2,1-2H3. The lowest BCUT2D eigenvalue weighted by Gasteiger charge is -2.17. The number of thioether (sulfide) groups is 1. The molecule has 1 aliphatic rings. The van der Waals surface area contributed by atoms with Crippen LogP contribution in [0.5, 0.6) is 0 Å². The molecule has 0 radical (unpaired) electrons. The number of likely N-dealkylation sites (tertiary alicyclic amines) is 1. The number of benzene rings is 3. The number of aryl methyl sites for hydroxylation is 2. The molecule has 3 aromatic carbocycles. The first-order chi connectivity index (χ1) is 16.9. The van der Waals surface area contributed by atoms with E-state index in [4.69, 9.17) is 4.98 Å². The zero-order valence-electron chi connectivity index (χ0n) is 19.8. The van der Waals surface area contributed by atoms with Crippen LogP contribution >= 0.6 is 11.8 Å². The van der Waals surface area contributed by atoms with E-state index in [2.05, 4.69) is 6.07 Å². The zero-order valence-corrected chi connectivity index (χ0v) is 20.6. The van der Waals surface area contributed by atoms with Crippen molar-refractivity contribution in [2.75, 3.05) is 13.1 Å². The first-order valence-electron chi connectivity index (χ1n) is 11.7. The second-order valence-corrected chi connectivity index (χ2v) is 9.97. The highest BCUT2D eigenvalue weighted by Gasteiger charge is 2.21. The lowest BCUT2D eigenvalue weighted by Crippen LogP contribution is -2.28. The van der Waals surface area contributed by atoms with Crippen LogP contribution in [0.1, 0.15) is 39.9 Å². The first-order valence-corrected chi connectivity index (χ1v) is 12.7. The molecular weight excluding hydrogens is 461 g/mol. The summed E-state index contributed by atoms with van der Waals surface area (Å²) in [6.45, 7) is 5.50. The van der Waals surface area contributed by atoms with Crippen LogP contribution in [-0.2, 0) is 5.75 Å². The fraction of sp³-hybridized carbons (Fsp3) is 0.250. The van der Waals surface area contributed by atoms with Crippen molar-refractivity contribution in [3.63, 3.8) is 0 Å². The molecule has 0 spiro atoms. The summed E-state index contributed by atoms with van der Waals surface area (Å²) in [5.74, 6) is 0.123. The molecular formula is C28H26FN3O2S. The van der Waals surface area contributed by atoms with Crippen LogP contribution in [0.3, 0.4) is 0 Å². The van der Waals surface area contributed by atoms with Gasteiger partial charge in [-0.1, -0.05) is 30.0 Å². The molecule has 0 atom stereocenters. The number of carbonyl (C=O) groups is 1. The molecule has 0 saturated carbocycles. The summed E-state index contributed by atoms with van der Waals surface area (Å²) in [6.07, 6.45) is 2.03. The van der Waals surface area contributed by atoms with E-state index in [1.807, 2.05) is 36.9 Å². The monoisotopic (exact) mass is 487 g/mol. The van der Waals surface area contributed by atoms with Gasteiger partial charge >= 0.3 is 0 Å². The molecule has 1 aliphatic heterocycles. The molecule has 0 aliphatic carbocycles. The van der Waals surface area contributed by atoms with Gasteiger partial charge in [0.25, 0.3) is 11.5 Å². The Labute approximate surface area is 207 Å². The molecule has 178 valence electrons. The average molecular weight is 488 g/mol. The summed E-state index contributed by atoms with van der Waals surface area (Å²) in [7, 11) is 0. The number of fused-ring (bicyclic) bond motifs is 1. The van der Waals surface area contributed by atoms with Crippen molar-refractivity contribution in [1.82, 2.24) is 14.5 Å². The van der Waals surface area contributed by atoms with E-state index in [9.17, 15) is 14.0 Å². The van der Waals surface area contributed by atoms with E-state index in [1.54, 1.807) is 28.8 Å². The van der Waals surface area contributed by atoms with Gasteiger partial charge in [0.05, 0.1) is 16.6 Å². The zero-order chi connectivity index (χ0) is 24.5. The lowest BCUT2D eigenvalue weighted by molar-refractivity contribution is 0.0793. The van der Waals surface area contributed by atoms with Crippen molar-refractivity contribution in [1.29, 1.82) is 0 Å². The van der Waals surface area contributed by atoms with Crippen LogP contribution in [0.25, 0.3) is 16.6 Å². The number of amides is 1. The Morgan fingerprint density at radius 3 is 2.46 bits per heavy atom. The Morgan fingerprint density at radius 1 is 1.00 bits per heavy atom.